The number of benzene rings is 3. The molecule has 1 heterocycles. The van der Waals surface area contributed by atoms with E-state index in [0.717, 1.165) is 27.4 Å². The molecule has 25 heavy (non-hydrogen) atoms. The van der Waals surface area contributed by atoms with Crippen molar-refractivity contribution >= 4 is 27.8 Å². The minimum atomic E-state index is -0.913. The third-order valence-corrected chi connectivity index (χ3v) is 4.28. The number of carbonyl (C=O) groups is 1. The van der Waals surface area contributed by atoms with Gasteiger partial charge in [-0.2, -0.15) is 0 Å². The van der Waals surface area contributed by atoms with Gasteiger partial charge in [0.05, 0.1) is 23.7 Å². The highest BCUT2D eigenvalue weighted by Crippen LogP contribution is 2.37. The summed E-state index contributed by atoms with van der Waals surface area (Å²) in [5.74, 6) is 0.349. The zero-order valence-electron chi connectivity index (χ0n) is 13.6. The van der Waals surface area contributed by atoms with Gasteiger partial charge >= 0.3 is 5.97 Å². The fourth-order valence-electron chi connectivity index (χ4n) is 3.21. The molecular formula is C20H16N2O3. The van der Waals surface area contributed by atoms with Crippen LogP contribution in [0, 0.1) is 0 Å². The second kappa shape index (κ2) is 5.94. The van der Waals surface area contributed by atoms with Crippen molar-refractivity contribution in [2.24, 2.45) is 0 Å². The van der Waals surface area contributed by atoms with Gasteiger partial charge in [0.2, 0.25) is 0 Å². The Kier molecular flexibility index (Phi) is 3.61. The summed E-state index contributed by atoms with van der Waals surface area (Å²) >= 11 is 0. The van der Waals surface area contributed by atoms with Gasteiger partial charge in [-0.05, 0) is 29.0 Å². The molecule has 124 valence electrons. The van der Waals surface area contributed by atoms with Gasteiger partial charge in [-0.25, -0.2) is 4.98 Å². The molecule has 0 amide bonds. The number of carboxylic acid groups (broad SMARTS) is 1. The Morgan fingerprint density at radius 3 is 2.64 bits per heavy atom. The molecule has 1 N–H and O–H groups in total. The molecule has 4 rings (SSSR count). The van der Waals surface area contributed by atoms with E-state index in [9.17, 15) is 9.90 Å². The number of aromatic nitrogens is 2. The van der Waals surface area contributed by atoms with Gasteiger partial charge in [-0.15, -0.1) is 0 Å². The van der Waals surface area contributed by atoms with Crippen molar-refractivity contribution in [2.45, 2.75) is 6.54 Å². The van der Waals surface area contributed by atoms with Crippen LogP contribution in [-0.2, 0) is 11.3 Å². The molecular weight excluding hydrogens is 316 g/mol. The highest BCUT2D eigenvalue weighted by molar-refractivity contribution is 6.00. The predicted octanol–water partition coefficient (Wildman–Crippen LogP) is 3.95. The first-order valence-corrected chi connectivity index (χ1v) is 7.92. The number of aliphatic carboxylic acids is 1. The number of para-hydroxylation sites is 2. The summed E-state index contributed by atoms with van der Waals surface area (Å²) in [5, 5.41) is 11.4. The van der Waals surface area contributed by atoms with E-state index in [4.69, 9.17) is 9.72 Å². The molecule has 0 saturated carbocycles. The number of carboxylic acids is 1. The lowest BCUT2D eigenvalue weighted by Crippen LogP contribution is -2.10. The summed E-state index contributed by atoms with van der Waals surface area (Å²) in [7, 11) is 1.61. The molecule has 3 aromatic carbocycles. The van der Waals surface area contributed by atoms with Crippen LogP contribution in [0.2, 0.25) is 0 Å². The molecule has 0 unspecified atom stereocenters. The van der Waals surface area contributed by atoms with E-state index in [2.05, 4.69) is 0 Å². The fourth-order valence-corrected chi connectivity index (χ4v) is 3.21. The van der Waals surface area contributed by atoms with Crippen molar-refractivity contribution in [1.29, 1.82) is 0 Å². The Hall–Kier alpha value is -3.34. The first-order chi connectivity index (χ1) is 12.2. The van der Waals surface area contributed by atoms with Gasteiger partial charge in [0, 0.05) is 0 Å². The third kappa shape index (κ3) is 2.50. The summed E-state index contributed by atoms with van der Waals surface area (Å²) in [6.45, 7) is -0.164. The second-order valence-corrected chi connectivity index (χ2v) is 5.77. The Bertz CT molecular complexity index is 1100. The number of fused-ring (bicyclic) bond motifs is 2. The zero-order chi connectivity index (χ0) is 17.4. The van der Waals surface area contributed by atoms with Gasteiger partial charge in [-0.1, -0.05) is 42.5 Å². The number of rotatable bonds is 4. The SMILES string of the molecule is COc1ccc2ccccc2c1-c1nc2ccccc2n1CC(=O)O. The average molecular weight is 332 g/mol. The van der Waals surface area contributed by atoms with Crippen molar-refractivity contribution in [3.05, 3.63) is 60.7 Å². The lowest BCUT2D eigenvalue weighted by molar-refractivity contribution is -0.137. The summed E-state index contributed by atoms with van der Waals surface area (Å²) in [5.41, 5.74) is 2.35. The van der Waals surface area contributed by atoms with Crippen molar-refractivity contribution in [3.8, 4) is 17.1 Å². The van der Waals surface area contributed by atoms with E-state index in [1.807, 2.05) is 60.7 Å². The maximum Gasteiger partial charge on any atom is 0.323 e. The molecule has 0 aliphatic heterocycles. The first kappa shape index (κ1) is 15.2. The molecule has 5 heteroatoms. The van der Waals surface area contributed by atoms with E-state index in [-0.39, 0.29) is 6.54 Å². The standard InChI is InChI=1S/C20H16N2O3/c1-25-17-11-10-13-6-2-3-7-14(13)19(17)20-21-15-8-4-5-9-16(15)22(20)12-18(23)24/h2-11H,12H2,1H3,(H,23,24). The summed E-state index contributed by atoms with van der Waals surface area (Å²) < 4.78 is 7.29. The van der Waals surface area contributed by atoms with E-state index in [1.54, 1.807) is 11.7 Å². The summed E-state index contributed by atoms with van der Waals surface area (Å²) in [4.78, 5) is 16.1. The smallest absolute Gasteiger partial charge is 0.323 e. The molecule has 0 radical (unpaired) electrons. The topological polar surface area (TPSA) is 64.4 Å². The van der Waals surface area contributed by atoms with Gasteiger partial charge in [-0.3, -0.25) is 4.79 Å². The highest BCUT2D eigenvalue weighted by Gasteiger charge is 2.20. The van der Waals surface area contributed by atoms with Gasteiger partial charge in [0.25, 0.3) is 0 Å². The molecule has 5 nitrogen and oxygen atoms in total. The number of hydrogen-bond acceptors (Lipinski definition) is 3. The van der Waals surface area contributed by atoms with Crippen LogP contribution >= 0.6 is 0 Å². The van der Waals surface area contributed by atoms with Gasteiger partial charge in [0.15, 0.2) is 0 Å². The van der Waals surface area contributed by atoms with Crippen LogP contribution in [0.25, 0.3) is 33.2 Å². The van der Waals surface area contributed by atoms with Crippen molar-refractivity contribution in [2.75, 3.05) is 7.11 Å². The minimum absolute atomic E-state index is 0.164. The van der Waals surface area contributed by atoms with Crippen molar-refractivity contribution in [1.82, 2.24) is 9.55 Å². The lowest BCUT2D eigenvalue weighted by atomic mass is 10.0. The number of ether oxygens (including phenoxy) is 1. The maximum atomic E-state index is 11.4. The lowest BCUT2D eigenvalue weighted by Gasteiger charge is -2.13. The normalized spacial score (nSPS) is 11.1. The van der Waals surface area contributed by atoms with E-state index in [1.165, 1.54) is 0 Å². The van der Waals surface area contributed by atoms with Crippen LogP contribution in [0.15, 0.2) is 60.7 Å². The third-order valence-electron chi connectivity index (χ3n) is 4.28. The summed E-state index contributed by atoms with van der Waals surface area (Å²) in [6.07, 6.45) is 0. The first-order valence-electron chi connectivity index (χ1n) is 7.92. The van der Waals surface area contributed by atoms with Crippen LogP contribution in [0.3, 0.4) is 0 Å². The number of hydrogen-bond donors (Lipinski definition) is 1. The maximum absolute atomic E-state index is 11.4. The van der Waals surface area contributed by atoms with Crippen LogP contribution in [-0.4, -0.2) is 27.7 Å². The fraction of sp³-hybridized carbons (Fsp3) is 0.100. The molecule has 0 fully saturated rings. The van der Waals surface area contributed by atoms with Gasteiger partial charge in [0.1, 0.15) is 18.1 Å². The molecule has 0 atom stereocenters. The Labute approximate surface area is 144 Å². The number of methoxy groups -OCH3 is 1. The Morgan fingerprint density at radius 1 is 1.08 bits per heavy atom. The quantitative estimate of drug-likeness (QED) is 0.614. The molecule has 1 aromatic heterocycles. The molecule has 0 aliphatic rings. The van der Waals surface area contributed by atoms with Crippen LogP contribution in [0.1, 0.15) is 0 Å². The van der Waals surface area contributed by atoms with Gasteiger partial charge < -0.3 is 14.4 Å². The van der Waals surface area contributed by atoms with Crippen LogP contribution < -0.4 is 4.74 Å². The average Bonchev–Trinajstić information content (AvgIpc) is 2.98. The number of imidazole rings is 1. The molecule has 4 aromatic rings. The highest BCUT2D eigenvalue weighted by atomic mass is 16.5. The Morgan fingerprint density at radius 2 is 1.84 bits per heavy atom. The monoisotopic (exact) mass is 332 g/mol. The van der Waals surface area contributed by atoms with E-state index in [0.29, 0.717) is 11.6 Å². The Balaban J connectivity index is 2.11. The van der Waals surface area contributed by atoms with Crippen LogP contribution in [0.4, 0.5) is 0 Å². The minimum Gasteiger partial charge on any atom is -0.496 e. The van der Waals surface area contributed by atoms with Crippen molar-refractivity contribution < 1.29 is 14.6 Å². The van der Waals surface area contributed by atoms with E-state index >= 15 is 0 Å². The van der Waals surface area contributed by atoms with E-state index < -0.39 is 5.97 Å². The zero-order valence-corrected chi connectivity index (χ0v) is 13.6. The largest absolute Gasteiger partial charge is 0.496 e. The molecule has 0 spiro atoms. The molecule has 0 aliphatic carbocycles. The molecule has 0 saturated heterocycles. The van der Waals surface area contributed by atoms with Crippen LogP contribution in [0.5, 0.6) is 5.75 Å². The number of nitrogens with zero attached hydrogens (tertiary/aromatic N) is 2. The summed E-state index contributed by atoms with van der Waals surface area (Å²) in [6, 6.07) is 19.4. The second-order valence-electron chi connectivity index (χ2n) is 5.77. The molecule has 0 bridgehead atoms. The predicted molar refractivity (Wildman–Crippen MR) is 96.9 cm³/mol. The van der Waals surface area contributed by atoms with Crippen molar-refractivity contribution in [3.63, 3.8) is 0 Å².